The predicted octanol–water partition coefficient (Wildman–Crippen LogP) is 0.670. The van der Waals surface area contributed by atoms with Gasteiger partial charge in [-0.2, -0.15) is 0 Å². The predicted molar refractivity (Wildman–Crippen MR) is 34.9 cm³/mol. The number of carbonyl (C=O) groups is 1. The number of carboxylic acids is 1. The van der Waals surface area contributed by atoms with E-state index >= 15 is 0 Å². The lowest BCUT2D eigenvalue weighted by molar-refractivity contribution is 0.0684. The van der Waals surface area contributed by atoms with Gasteiger partial charge in [0.15, 0.2) is 0 Å². The van der Waals surface area contributed by atoms with Gasteiger partial charge in [-0.15, -0.1) is 0 Å². The third-order valence-electron chi connectivity index (χ3n) is 1.21. The molecule has 0 aromatic carbocycles. The highest BCUT2D eigenvalue weighted by Crippen LogP contribution is 1.96. The second-order valence-electron chi connectivity index (χ2n) is 1.92. The number of nitrogens with zero attached hydrogens (tertiary/aromatic N) is 1. The maximum absolute atomic E-state index is 10.2. The molecule has 0 bridgehead atoms. The van der Waals surface area contributed by atoms with Crippen molar-refractivity contribution < 1.29 is 9.90 Å². The van der Waals surface area contributed by atoms with Crippen LogP contribution < -0.4 is 0 Å². The Morgan fingerprint density at radius 3 is 2.90 bits per heavy atom. The molecule has 0 aliphatic heterocycles. The molecule has 4 nitrogen and oxygen atoms in total. The molecule has 2 N–H and O–H groups in total. The molecule has 0 spiro atoms. The average molecular weight is 140 g/mol. The van der Waals surface area contributed by atoms with Crippen molar-refractivity contribution >= 4 is 5.97 Å². The van der Waals surface area contributed by atoms with Crippen molar-refractivity contribution in [3.63, 3.8) is 0 Å². The molecule has 4 heteroatoms. The van der Waals surface area contributed by atoms with Gasteiger partial charge in [0.2, 0.25) is 5.82 Å². The fourth-order valence-electron chi connectivity index (χ4n) is 0.647. The van der Waals surface area contributed by atoms with Gasteiger partial charge in [-0.3, -0.25) is 0 Å². The molecule has 0 saturated heterocycles. The number of hydrogen-bond donors (Lipinski definition) is 2. The number of H-pyrrole nitrogens is 1. The van der Waals surface area contributed by atoms with Crippen molar-refractivity contribution in [2.75, 3.05) is 0 Å². The Kier molecular flexibility index (Phi) is 1.71. The standard InChI is InChI=1S/C6H8N2O2/c1-2-4-3-7-5(8-4)6(9)10/h3H,2H2,1H3,(H,7,8)(H,9,10). The molecule has 0 aliphatic rings. The molecule has 1 aromatic heterocycles. The van der Waals surface area contributed by atoms with E-state index in [9.17, 15) is 4.79 Å². The van der Waals surface area contributed by atoms with Crippen LogP contribution in [0.3, 0.4) is 0 Å². The van der Waals surface area contributed by atoms with Gasteiger partial charge < -0.3 is 10.1 Å². The number of aromatic nitrogens is 2. The van der Waals surface area contributed by atoms with Gasteiger partial charge in [-0.25, -0.2) is 9.78 Å². The van der Waals surface area contributed by atoms with E-state index in [4.69, 9.17) is 5.11 Å². The van der Waals surface area contributed by atoms with Crippen molar-refractivity contribution in [3.05, 3.63) is 17.7 Å². The average Bonchev–Trinajstić information content (AvgIpc) is 2.34. The first kappa shape index (κ1) is 6.80. The van der Waals surface area contributed by atoms with Crippen LogP contribution in [0.2, 0.25) is 0 Å². The van der Waals surface area contributed by atoms with Gasteiger partial charge in [0.05, 0.1) is 0 Å². The smallest absolute Gasteiger partial charge is 0.371 e. The van der Waals surface area contributed by atoms with Crippen LogP contribution in [0, 0.1) is 0 Å². The number of carboxylic acid groups (broad SMARTS) is 1. The Morgan fingerprint density at radius 2 is 2.60 bits per heavy atom. The summed E-state index contributed by atoms with van der Waals surface area (Å²) in [4.78, 5) is 16.5. The number of aromatic amines is 1. The van der Waals surface area contributed by atoms with Crippen LogP contribution in [0.15, 0.2) is 6.20 Å². The van der Waals surface area contributed by atoms with Crippen molar-refractivity contribution in [2.45, 2.75) is 13.3 Å². The second-order valence-corrected chi connectivity index (χ2v) is 1.92. The summed E-state index contributed by atoms with van der Waals surface area (Å²) in [6.45, 7) is 1.93. The highest BCUT2D eigenvalue weighted by Gasteiger charge is 2.05. The molecule has 0 radical (unpaired) electrons. The fraction of sp³-hybridized carbons (Fsp3) is 0.333. The summed E-state index contributed by atoms with van der Waals surface area (Å²) in [5.41, 5.74) is 0.845. The third-order valence-corrected chi connectivity index (χ3v) is 1.21. The number of hydrogen-bond acceptors (Lipinski definition) is 2. The van der Waals surface area contributed by atoms with Gasteiger partial charge in [0.25, 0.3) is 0 Å². The summed E-state index contributed by atoms with van der Waals surface area (Å²) in [5.74, 6) is -1.00. The molecule has 0 amide bonds. The van der Waals surface area contributed by atoms with Gasteiger partial charge in [0, 0.05) is 11.9 Å². The van der Waals surface area contributed by atoms with Crippen molar-refractivity contribution in [1.82, 2.24) is 9.97 Å². The molecule has 0 fully saturated rings. The van der Waals surface area contributed by atoms with Crippen LogP contribution in [0.25, 0.3) is 0 Å². The van der Waals surface area contributed by atoms with E-state index in [0.29, 0.717) is 0 Å². The minimum atomic E-state index is -1.01. The lowest BCUT2D eigenvalue weighted by Gasteiger charge is -1.84. The quantitative estimate of drug-likeness (QED) is 0.634. The first-order valence-corrected chi connectivity index (χ1v) is 3.01. The number of aryl methyl sites for hydroxylation is 1. The molecule has 0 unspecified atom stereocenters. The second kappa shape index (κ2) is 2.51. The van der Waals surface area contributed by atoms with Crippen LogP contribution in [-0.2, 0) is 6.42 Å². The van der Waals surface area contributed by atoms with Gasteiger partial charge in [0.1, 0.15) is 0 Å². The maximum Gasteiger partial charge on any atom is 0.371 e. The molecule has 1 rings (SSSR count). The number of aromatic carboxylic acids is 1. The minimum absolute atomic E-state index is 0.0110. The molecule has 1 aromatic rings. The van der Waals surface area contributed by atoms with Crippen LogP contribution >= 0.6 is 0 Å². The van der Waals surface area contributed by atoms with E-state index < -0.39 is 5.97 Å². The van der Waals surface area contributed by atoms with E-state index in [1.807, 2.05) is 6.92 Å². The molecular weight excluding hydrogens is 132 g/mol. The maximum atomic E-state index is 10.2. The van der Waals surface area contributed by atoms with E-state index in [1.165, 1.54) is 6.20 Å². The summed E-state index contributed by atoms with van der Waals surface area (Å²) in [6, 6.07) is 0. The molecule has 54 valence electrons. The summed E-state index contributed by atoms with van der Waals surface area (Å²) in [5, 5.41) is 8.40. The number of rotatable bonds is 2. The molecule has 0 saturated carbocycles. The Hall–Kier alpha value is -1.32. The van der Waals surface area contributed by atoms with Crippen molar-refractivity contribution in [3.8, 4) is 0 Å². The number of nitrogens with one attached hydrogen (secondary N) is 1. The monoisotopic (exact) mass is 140 g/mol. The third kappa shape index (κ3) is 1.15. The largest absolute Gasteiger partial charge is 0.475 e. The zero-order valence-electron chi connectivity index (χ0n) is 5.59. The summed E-state index contributed by atoms with van der Waals surface area (Å²) in [7, 11) is 0. The molecule has 0 aliphatic carbocycles. The Bertz CT molecular complexity index is 242. The highest BCUT2D eigenvalue weighted by molar-refractivity contribution is 5.83. The minimum Gasteiger partial charge on any atom is -0.475 e. The van der Waals surface area contributed by atoms with E-state index in [2.05, 4.69) is 9.97 Å². The Morgan fingerprint density at radius 1 is 1.90 bits per heavy atom. The molecule has 0 atom stereocenters. The zero-order valence-corrected chi connectivity index (χ0v) is 5.59. The Labute approximate surface area is 57.9 Å². The first-order chi connectivity index (χ1) is 4.74. The lowest BCUT2D eigenvalue weighted by atomic mass is 10.4. The first-order valence-electron chi connectivity index (χ1n) is 3.01. The molecule has 1 heterocycles. The zero-order chi connectivity index (χ0) is 7.56. The van der Waals surface area contributed by atoms with Crippen LogP contribution in [0.5, 0.6) is 0 Å². The van der Waals surface area contributed by atoms with Gasteiger partial charge in [-0.1, -0.05) is 6.92 Å². The Balaban J connectivity index is 2.88. The van der Waals surface area contributed by atoms with Crippen LogP contribution in [-0.4, -0.2) is 21.0 Å². The SMILES string of the molecule is CCc1cnc(C(=O)O)[nH]1. The van der Waals surface area contributed by atoms with Crippen molar-refractivity contribution in [2.24, 2.45) is 0 Å². The van der Waals surface area contributed by atoms with Gasteiger partial charge in [-0.05, 0) is 6.42 Å². The molecular formula is C6H8N2O2. The normalized spacial score (nSPS) is 9.70. The van der Waals surface area contributed by atoms with Gasteiger partial charge >= 0.3 is 5.97 Å². The molecule has 10 heavy (non-hydrogen) atoms. The van der Waals surface area contributed by atoms with E-state index in [1.54, 1.807) is 0 Å². The fourth-order valence-corrected chi connectivity index (χ4v) is 0.647. The van der Waals surface area contributed by atoms with E-state index in [-0.39, 0.29) is 5.82 Å². The highest BCUT2D eigenvalue weighted by atomic mass is 16.4. The van der Waals surface area contributed by atoms with Crippen LogP contribution in [0.1, 0.15) is 23.2 Å². The topological polar surface area (TPSA) is 66.0 Å². The van der Waals surface area contributed by atoms with Crippen LogP contribution in [0.4, 0.5) is 0 Å². The summed E-state index contributed by atoms with van der Waals surface area (Å²) >= 11 is 0. The number of imidazole rings is 1. The lowest BCUT2D eigenvalue weighted by Crippen LogP contribution is -1.98. The summed E-state index contributed by atoms with van der Waals surface area (Å²) in [6.07, 6.45) is 2.31. The summed E-state index contributed by atoms with van der Waals surface area (Å²) < 4.78 is 0. The van der Waals surface area contributed by atoms with E-state index in [0.717, 1.165) is 12.1 Å². The van der Waals surface area contributed by atoms with Crippen molar-refractivity contribution in [1.29, 1.82) is 0 Å².